The lowest BCUT2D eigenvalue weighted by molar-refractivity contribution is -0.115. The Morgan fingerprint density at radius 2 is 1.85 bits per heavy atom. The number of rotatable bonds is 6. The Morgan fingerprint density at radius 1 is 0.975 bits per heavy atom. The van der Waals surface area contributed by atoms with E-state index in [0.717, 1.165) is 50.2 Å². The molecule has 0 saturated heterocycles. The largest absolute Gasteiger partial charge is 0.337 e. The third-order valence-corrected chi connectivity index (χ3v) is 6.69. The average molecular weight is 526 g/mol. The van der Waals surface area contributed by atoms with Crippen LogP contribution in [0.2, 0.25) is 0 Å². The van der Waals surface area contributed by atoms with Crippen LogP contribution >= 0.6 is 0 Å². The zero-order valence-electron chi connectivity index (χ0n) is 21.5. The van der Waals surface area contributed by atoms with Crippen LogP contribution in [-0.4, -0.2) is 45.6 Å². The summed E-state index contributed by atoms with van der Waals surface area (Å²) in [7, 11) is 0. The molecule has 0 spiro atoms. The molecule has 0 unspecified atom stereocenters. The van der Waals surface area contributed by atoms with Crippen molar-refractivity contribution >= 4 is 33.7 Å². The van der Waals surface area contributed by atoms with Crippen LogP contribution in [0, 0.1) is 6.92 Å². The number of carbonyl (C=O) groups is 1. The molecule has 5 heterocycles. The number of aromatic nitrogens is 8. The molecule has 10 nitrogen and oxygen atoms in total. The van der Waals surface area contributed by atoms with Gasteiger partial charge in [-0.05, 0) is 36.8 Å². The highest BCUT2D eigenvalue weighted by Crippen LogP contribution is 2.31. The average Bonchev–Trinajstić information content (AvgIpc) is 3.71. The maximum Gasteiger partial charge on any atom is 0.228 e. The highest BCUT2D eigenvalue weighted by molar-refractivity contribution is 5.96. The summed E-state index contributed by atoms with van der Waals surface area (Å²) in [4.78, 5) is 34.2. The molecule has 2 aromatic carbocycles. The molecule has 10 heteroatoms. The molecule has 7 aromatic rings. The molecule has 5 aromatic heterocycles. The Labute approximate surface area is 228 Å². The van der Waals surface area contributed by atoms with E-state index < -0.39 is 0 Å². The molecule has 7 rings (SSSR count). The number of H-pyrrole nitrogens is 2. The molecule has 0 bridgehead atoms. The number of benzene rings is 2. The van der Waals surface area contributed by atoms with E-state index in [1.54, 1.807) is 24.9 Å². The molecule has 40 heavy (non-hydrogen) atoms. The Kier molecular flexibility index (Phi) is 5.63. The molecule has 0 aliphatic rings. The van der Waals surface area contributed by atoms with Crippen molar-refractivity contribution in [2.75, 3.05) is 5.32 Å². The van der Waals surface area contributed by atoms with Gasteiger partial charge in [-0.25, -0.2) is 15.0 Å². The fourth-order valence-corrected chi connectivity index (χ4v) is 4.79. The van der Waals surface area contributed by atoms with E-state index in [9.17, 15) is 4.79 Å². The van der Waals surface area contributed by atoms with Crippen molar-refractivity contribution in [1.29, 1.82) is 0 Å². The first-order valence-corrected chi connectivity index (χ1v) is 12.7. The van der Waals surface area contributed by atoms with Gasteiger partial charge in [0.1, 0.15) is 11.2 Å². The normalized spacial score (nSPS) is 11.3. The Bertz CT molecular complexity index is 2000. The van der Waals surface area contributed by atoms with Crippen LogP contribution in [0.3, 0.4) is 0 Å². The van der Waals surface area contributed by atoms with Gasteiger partial charge in [-0.2, -0.15) is 5.10 Å². The van der Waals surface area contributed by atoms with Crippen LogP contribution < -0.4 is 5.32 Å². The molecule has 194 valence electrons. The van der Waals surface area contributed by atoms with Crippen LogP contribution in [0.5, 0.6) is 0 Å². The SMILES string of the molecule is Cc1cn(-c2cccc3[nH]c(-c4[nH]nc5ncc(-c6cncc(NC(=O)Cc7ccccc7)c6)cc45)nc23)cn1. The van der Waals surface area contributed by atoms with Crippen molar-refractivity contribution in [2.45, 2.75) is 13.3 Å². The second-order valence-electron chi connectivity index (χ2n) is 9.55. The minimum Gasteiger partial charge on any atom is -0.337 e. The van der Waals surface area contributed by atoms with Gasteiger partial charge in [-0.15, -0.1) is 0 Å². The first kappa shape index (κ1) is 23.5. The maximum absolute atomic E-state index is 12.6. The summed E-state index contributed by atoms with van der Waals surface area (Å²) >= 11 is 0. The van der Waals surface area contributed by atoms with Crippen molar-refractivity contribution in [3.63, 3.8) is 0 Å². The van der Waals surface area contributed by atoms with E-state index in [2.05, 4.69) is 35.5 Å². The third-order valence-electron chi connectivity index (χ3n) is 6.69. The topological polar surface area (TPSA) is 130 Å². The zero-order valence-corrected chi connectivity index (χ0v) is 21.5. The number of fused-ring (bicyclic) bond motifs is 2. The minimum absolute atomic E-state index is 0.106. The lowest BCUT2D eigenvalue weighted by Gasteiger charge is -2.07. The van der Waals surface area contributed by atoms with Gasteiger partial charge in [0.2, 0.25) is 5.91 Å². The standard InChI is InChI=1S/C30H23N9O/c1-18-16-39(17-33-18)25-9-5-8-24-28(25)36-30(35-24)27-23-12-21(14-32-29(23)38-37-27)20-11-22(15-31-13-20)34-26(40)10-19-6-3-2-4-7-19/h2-9,11-17H,10H2,1H3,(H,34,40)(H,35,36)(H,32,37,38). The Hall–Kier alpha value is -5.64. The number of pyridine rings is 2. The number of nitrogens with one attached hydrogen (secondary N) is 3. The highest BCUT2D eigenvalue weighted by atomic mass is 16.1. The number of para-hydroxylation sites is 1. The molecule has 0 aliphatic carbocycles. The van der Waals surface area contributed by atoms with E-state index in [0.29, 0.717) is 17.2 Å². The summed E-state index contributed by atoms with van der Waals surface area (Å²) in [6.45, 7) is 1.96. The number of anilines is 1. The molecule has 1 amide bonds. The molecule has 0 saturated carbocycles. The number of hydrogen-bond acceptors (Lipinski definition) is 6. The molecule has 0 aliphatic heterocycles. The number of carbonyl (C=O) groups excluding carboxylic acids is 1. The van der Waals surface area contributed by atoms with Gasteiger partial charge in [-0.1, -0.05) is 36.4 Å². The number of aryl methyl sites for hydroxylation is 1. The summed E-state index contributed by atoms with van der Waals surface area (Å²) in [5.41, 5.74) is 8.11. The van der Waals surface area contributed by atoms with Crippen molar-refractivity contribution in [2.24, 2.45) is 0 Å². The van der Waals surface area contributed by atoms with Crippen LogP contribution in [0.25, 0.3) is 50.4 Å². The quantitative estimate of drug-likeness (QED) is 0.272. The van der Waals surface area contributed by atoms with Crippen molar-refractivity contribution in [3.05, 3.63) is 103 Å². The number of nitrogens with zero attached hydrogens (tertiary/aromatic N) is 6. The van der Waals surface area contributed by atoms with Crippen molar-refractivity contribution in [3.8, 4) is 28.3 Å². The monoisotopic (exact) mass is 525 g/mol. The second kappa shape index (κ2) is 9.59. The molecular weight excluding hydrogens is 502 g/mol. The van der Waals surface area contributed by atoms with Crippen molar-refractivity contribution < 1.29 is 4.79 Å². The summed E-state index contributed by atoms with van der Waals surface area (Å²) in [5, 5.41) is 11.3. The van der Waals surface area contributed by atoms with Crippen molar-refractivity contribution in [1.82, 2.24) is 39.7 Å². The van der Waals surface area contributed by atoms with Gasteiger partial charge in [0, 0.05) is 29.7 Å². The third kappa shape index (κ3) is 4.37. The lowest BCUT2D eigenvalue weighted by atomic mass is 10.1. The van der Waals surface area contributed by atoms with Crippen LogP contribution in [0.15, 0.2) is 91.8 Å². The second-order valence-corrected chi connectivity index (χ2v) is 9.55. The molecular formula is C30H23N9O. The molecule has 3 N–H and O–H groups in total. The number of aromatic amines is 2. The summed E-state index contributed by atoms with van der Waals surface area (Å²) in [5.74, 6) is 0.548. The first-order chi connectivity index (χ1) is 19.6. The van der Waals surface area contributed by atoms with Crippen LogP contribution in [0.1, 0.15) is 11.3 Å². The van der Waals surface area contributed by atoms with E-state index >= 15 is 0 Å². The Morgan fingerprint density at radius 3 is 2.70 bits per heavy atom. The minimum atomic E-state index is -0.106. The van der Waals surface area contributed by atoms with Crippen LogP contribution in [0.4, 0.5) is 5.69 Å². The van der Waals surface area contributed by atoms with Gasteiger partial charge < -0.3 is 14.9 Å². The maximum atomic E-state index is 12.6. The van der Waals surface area contributed by atoms with E-state index in [1.165, 1.54) is 0 Å². The van der Waals surface area contributed by atoms with Gasteiger partial charge in [0.05, 0.1) is 46.9 Å². The molecule has 0 fully saturated rings. The molecule has 0 radical (unpaired) electrons. The molecule has 0 atom stereocenters. The fraction of sp³-hybridized carbons (Fsp3) is 0.0667. The van der Waals surface area contributed by atoms with Crippen LogP contribution in [-0.2, 0) is 11.2 Å². The first-order valence-electron chi connectivity index (χ1n) is 12.7. The zero-order chi connectivity index (χ0) is 27.1. The Balaban J connectivity index is 1.21. The summed E-state index contributed by atoms with van der Waals surface area (Å²) < 4.78 is 1.96. The number of imidazole rings is 2. The van der Waals surface area contributed by atoms with Gasteiger partial charge in [-0.3, -0.25) is 14.9 Å². The summed E-state index contributed by atoms with van der Waals surface area (Å²) in [6.07, 6.45) is 9.17. The van der Waals surface area contributed by atoms with Gasteiger partial charge in [0.25, 0.3) is 0 Å². The predicted octanol–water partition coefficient (Wildman–Crippen LogP) is 5.24. The number of amides is 1. The highest BCUT2D eigenvalue weighted by Gasteiger charge is 2.16. The predicted molar refractivity (Wildman–Crippen MR) is 153 cm³/mol. The van der Waals surface area contributed by atoms with E-state index in [1.807, 2.05) is 78.4 Å². The smallest absolute Gasteiger partial charge is 0.228 e. The number of hydrogen-bond donors (Lipinski definition) is 3. The van der Waals surface area contributed by atoms with E-state index in [-0.39, 0.29) is 12.3 Å². The summed E-state index contributed by atoms with van der Waals surface area (Å²) in [6, 6.07) is 19.5. The fourth-order valence-electron chi connectivity index (χ4n) is 4.79. The van der Waals surface area contributed by atoms with E-state index in [4.69, 9.17) is 4.98 Å². The van der Waals surface area contributed by atoms with Gasteiger partial charge in [0.15, 0.2) is 11.5 Å². The van der Waals surface area contributed by atoms with Gasteiger partial charge >= 0.3 is 0 Å². The lowest BCUT2D eigenvalue weighted by Crippen LogP contribution is -2.14.